The number of nitrogens with two attached hydrogens (primary N) is 1. The summed E-state index contributed by atoms with van der Waals surface area (Å²) in [6.07, 6.45) is -2.51. The molecule has 0 bridgehead atoms. The summed E-state index contributed by atoms with van der Waals surface area (Å²) in [4.78, 5) is 9.95. The first-order valence-corrected chi connectivity index (χ1v) is 2.21. The van der Waals surface area contributed by atoms with Gasteiger partial charge in [0.2, 0.25) is 5.91 Å². The Morgan fingerprint density at radius 2 is 2.00 bits per heavy atom. The van der Waals surface area contributed by atoms with Crippen molar-refractivity contribution >= 4 is 5.91 Å². The highest BCUT2D eigenvalue weighted by molar-refractivity contribution is 5.79. The third-order valence-electron chi connectivity index (χ3n) is 0.748. The molecule has 0 fully saturated rings. The van der Waals surface area contributed by atoms with Gasteiger partial charge in [-0.05, 0) is 6.92 Å². The number of carbonyl (C=O) groups excluding carboxylic acids is 1. The normalized spacial score (nSPS) is 17.4. The molecule has 0 aromatic heterocycles. The molecule has 0 spiro atoms. The summed E-state index contributed by atoms with van der Waals surface area (Å²) in [5.74, 6) is -0.903. The Balaban J connectivity index is 3.64. The Labute approximate surface area is 46.9 Å². The van der Waals surface area contributed by atoms with Crippen LogP contribution in [0.15, 0.2) is 0 Å². The predicted octanol–water partition coefficient (Wildman–Crippen LogP) is -1.79. The molecule has 0 radical (unpaired) electrons. The van der Waals surface area contributed by atoms with Crippen LogP contribution in [0.4, 0.5) is 0 Å². The van der Waals surface area contributed by atoms with Crippen LogP contribution in [0.3, 0.4) is 0 Å². The number of amides is 1. The highest BCUT2D eigenvalue weighted by Crippen LogP contribution is 1.87. The zero-order chi connectivity index (χ0) is 6.73. The monoisotopic (exact) mass is 119 g/mol. The molecule has 0 saturated heterocycles. The van der Waals surface area contributed by atoms with Crippen molar-refractivity contribution in [1.29, 1.82) is 0 Å². The third-order valence-corrected chi connectivity index (χ3v) is 0.748. The van der Waals surface area contributed by atoms with Crippen molar-refractivity contribution in [1.82, 2.24) is 0 Å². The predicted molar refractivity (Wildman–Crippen MR) is 26.9 cm³/mol. The minimum absolute atomic E-state index is 0.903. The Kier molecular flexibility index (Phi) is 2.44. The summed E-state index contributed by atoms with van der Waals surface area (Å²) >= 11 is 0. The van der Waals surface area contributed by atoms with E-state index >= 15 is 0 Å². The van der Waals surface area contributed by atoms with Crippen LogP contribution in [0.25, 0.3) is 0 Å². The lowest BCUT2D eigenvalue weighted by Gasteiger charge is -2.07. The van der Waals surface area contributed by atoms with Gasteiger partial charge in [0.15, 0.2) is 6.10 Å². The first-order chi connectivity index (χ1) is 3.55. The maximum Gasteiger partial charge on any atom is 0.248 e. The molecule has 0 aromatic rings. The van der Waals surface area contributed by atoms with Crippen LogP contribution in [-0.4, -0.2) is 28.3 Å². The smallest absolute Gasteiger partial charge is 0.248 e. The van der Waals surface area contributed by atoms with Gasteiger partial charge in [-0.25, -0.2) is 0 Å². The molecular formula is C4H9NO3. The molecule has 0 heterocycles. The minimum atomic E-state index is -1.44. The van der Waals surface area contributed by atoms with Crippen LogP contribution in [0.1, 0.15) is 6.92 Å². The number of hydrogen-bond acceptors (Lipinski definition) is 3. The maximum atomic E-state index is 9.95. The average molecular weight is 119 g/mol. The molecule has 0 rings (SSSR count). The van der Waals surface area contributed by atoms with Crippen molar-refractivity contribution in [3.05, 3.63) is 0 Å². The molecule has 48 valence electrons. The van der Waals surface area contributed by atoms with Crippen molar-refractivity contribution in [2.75, 3.05) is 0 Å². The van der Waals surface area contributed by atoms with Gasteiger partial charge in [-0.1, -0.05) is 0 Å². The Hall–Kier alpha value is -0.610. The fourth-order valence-electron chi connectivity index (χ4n) is 0.238. The molecule has 0 aliphatic rings. The van der Waals surface area contributed by atoms with Crippen LogP contribution in [-0.2, 0) is 4.79 Å². The van der Waals surface area contributed by atoms with Gasteiger partial charge in [-0.3, -0.25) is 4.79 Å². The molecule has 2 atom stereocenters. The van der Waals surface area contributed by atoms with E-state index in [1.165, 1.54) is 6.92 Å². The van der Waals surface area contributed by atoms with Crippen molar-refractivity contribution in [3.63, 3.8) is 0 Å². The van der Waals surface area contributed by atoms with Crippen molar-refractivity contribution in [2.45, 2.75) is 19.1 Å². The standard InChI is InChI=1S/C4H9NO3/c1-2(6)3(7)4(5)8/h2-3,6-7H,1H3,(H2,5,8)/t2-,3+/m1/s1. The summed E-state index contributed by atoms with van der Waals surface area (Å²) < 4.78 is 0. The van der Waals surface area contributed by atoms with Crippen LogP contribution in [0.5, 0.6) is 0 Å². The molecule has 0 saturated carbocycles. The van der Waals surface area contributed by atoms with Gasteiger partial charge in [-0.15, -0.1) is 0 Å². The lowest BCUT2D eigenvalue weighted by atomic mass is 10.2. The highest BCUT2D eigenvalue weighted by Gasteiger charge is 2.15. The van der Waals surface area contributed by atoms with Crippen molar-refractivity contribution in [3.8, 4) is 0 Å². The van der Waals surface area contributed by atoms with Gasteiger partial charge in [0, 0.05) is 0 Å². The van der Waals surface area contributed by atoms with Gasteiger partial charge >= 0.3 is 0 Å². The first-order valence-electron chi connectivity index (χ1n) is 2.21. The van der Waals surface area contributed by atoms with E-state index in [0.717, 1.165) is 0 Å². The molecule has 4 N–H and O–H groups in total. The van der Waals surface area contributed by atoms with Crippen molar-refractivity contribution in [2.24, 2.45) is 5.73 Å². The Bertz CT molecular complexity index is 91.3. The second-order valence-corrected chi connectivity index (χ2v) is 1.59. The van der Waals surface area contributed by atoms with E-state index in [-0.39, 0.29) is 0 Å². The van der Waals surface area contributed by atoms with Gasteiger partial charge in [0.25, 0.3) is 0 Å². The summed E-state index contributed by atoms with van der Waals surface area (Å²) in [6, 6.07) is 0. The van der Waals surface area contributed by atoms with E-state index in [1.54, 1.807) is 0 Å². The minimum Gasteiger partial charge on any atom is -0.390 e. The Morgan fingerprint density at radius 1 is 1.62 bits per heavy atom. The largest absolute Gasteiger partial charge is 0.390 e. The van der Waals surface area contributed by atoms with E-state index in [9.17, 15) is 4.79 Å². The second kappa shape index (κ2) is 2.64. The molecule has 0 aliphatic heterocycles. The summed E-state index contributed by atoms with van der Waals surface area (Å²) in [6.45, 7) is 1.29. The summed E-state index contributed by atoms with van der Waals surface area (Å²) in [7, 11) is 0. The zero-order valence-electron chi connectivity index (χ0n) is 4.53. The molecule has 4 heteroatoms. The number of hydrogen-bond donors (Lipinski definition) is 3. The van der Waals surface area contributed by atoms with E-state index in [2.05, 4.69) is 5.73 Å². The first kappa shape index (κ1) is 7.39. The molecule has 4 nitrogen and oxygen atoms in total. The van der Waals surface area contributed by atoms with E-state index in [1.807, 2.05) is 0 Å². The van der Waals surface area contributed by atoms with E-state index in [0.29, 0.717) is 0 Å². The van der Waals surface area contributed by atoms with E-state index in [4.69, 9.17) is 10.2 Å². The van der Waals surface area contributed by atoms with Gasteiger partial charge in [0.05, 0.1) is 6.10 Å². The van der Waals surface area contributed by atoms with Crippen LogP contribution < -0.4 is 5.73 Å². The van der Waals surface area contributed by atoms with Gasteiger partial charge in [0.1, 0.15) is 0 Å². The van der Waals surface area contributed by atoms with Crippen molar-refractivity contribution < 1.29 is 15.0 Å². The summed E-state index contributed by atoms with van der Waals surface area (Å²) in [5, 5.41) is 16.9. The molecular weight excluding hydrogens is 110 g/mol. The second-order valence-electron chi connectivity index (χ2n) is 1.59. The van der Waals surface area contributed by atoms with Gasteiger partial charge in [-0.2, -0.15) is 0 Å². The number of aliphatic hydroxyl groups excluding tert-OH is 2. The molecule has 0 aromatic carbocycles. The quantitative estimate of drug-likeness (QED) is 0.401. The molecule has 0 aliphatic carbocycles. The Morgan fingerprint density at radius 3 is 2.00 bits per heavy atom. The lowest BCUT2D eigenvalue weighted by Crippen LogP contribution is -2.36. The average Bonchev–Trinajstić information content (AvgIpc) is 1.64. The van der Waals surface area contributed by atoms with Gasteiger partial charge < -0.3 is 15.9 Å². The highest BCUT2D eigenvalue weighted by atomic mass is 16.3. The maximum absolute atomic E-state index is 9.95. The van der Waals surface area contributed by atoms with Crippen LogP contribution in [0.2, 0.25) is 0 Å². The molecule has 0 unspecified atom stereocenters. The fourth-order valence-corrected chi connectivity index (χ4v) is 0.238. The molecule has 8 heavy (non-hydrogen) atoms. The lowest BCUT2D eigenvalue weighted by molar-refractivity contribution is -0.130. The van der Waals surface area contributed by atoms with Crippen LogP contribution in [0, 0.1) is 0 Å². The third kappa shape index (κ3) is 1.90. The number of carbonyl (C=O) groups is 1. The number of rotatable bonds is 2. The SMILES string of the molecule is C[C@@H](O)[C@H](O)C(N)=O. The summed E-state index contributed by atoms with van der Waals surface area (Å²) in [5.41, 5.74) is 4.59. The topological polar surface area (TPSA) is 83.6 Å². The zero-order valence-corrected chi connectivity index (χ0v) is 4.53. The van der Waals surface area contributed by atoms with E-state index < -0.39 is 18.1 Å². The fraction of sp³-hybridized carbons (Fsp3) is 0.750. The number of aliphatic hydroxyl groups is 2. The number of primary amides is 1. The molecule has 1 amide bonds. The van der Waals surface area contributed by atoms with Crippen LogP contribution >= 0.6 is 0 Å².